The van der Waals surface area contributed by atoms with Gasteiger partial charge in [0.15, 0.2) is 0 Å². The minimum absolute atomic E-state index is 0.0694. The highest BCUT2D eigenvalue weighted by atomic mass is 35.5. The number of amides is 1. The van der Waals surface area contributed by atoms with Gasteiger partial charge in [0.25, 0.3) is 0 Å². The molecule has 0 saturated heterocycles. The summed E-state index contributed by atoms with van der Waals surface area (Å²) in [7, 11) is 0. The standard InChI is InChI=1S/C12H13Cl2FN2O/c13-9-4-7(15)5-10(14)11(9)17-12(18)6-1-2-8(16)3-6/h4-6,8H,1-3,16H2,(H,17,18). The minimum Gasteiger partial charge on any atom is -0.328 e. The van der Waals surface area contributed by atoms with Gasteiger partial charge in [0.1, 0.15) is 5.82 Å². The van der Waals surface area contributed by atoms with E-state index in [4.69, 9.17) is 28.9 Å². The van der Waals surface area contributed by atoms with Gasteiger partial charge in [0, 0.05) is 12.0 Å². The first-order valence-corrected chi connectivity index (χ1v) is 6.44. The molecule has 0 heterocycles. The summed E-state index contributed by atoms with van der Waals surface area (Å²) in [6.45, 7) is 0. The molecule has 1 saturated carbocycles. The molecule has 0 bridgehead atoms. The summed E-state index contributed by atoms with van der Waals surface area (Å²) in [5.41, 5.74) is 6.01. The van der Waals surface area contributed by atoms with Crippen molar-refractivity contribution in [2.24, 2.45) is 11.7 Å². The number of hydrogen-bond acceptors (Lipinski definition) is 2. The van der Waals surface area contributed by atoms with Crippen LogP contribution in [0.3, 0.4) is 0 Å². The molecule has 18 heavy (non-hydrogen) atoms. The first kappa shape index (κ1) is 13.6. The molecule has 0 aliphatic heterocycles. The molecule has 3 nitrogen and oxygen atoms in total. The molecule has 0 spiro atoms. The van der Waals surface area contributed by atoms with Crippen LogP contribution >= 0.6 is 23.2 Å². The van der Waals surface area contributed by atoms with Crippen LogP contribution < -0.4 is 11.1 Å². The van der Waals surface area contributed by atoms with Crippen molar-refractivity contribution in [3.05, 3.63) is 28.0 Å². The summed E-state index contributed by atoms with van der Waals surface area (Å²) < 4.78 is 13.0. The Morgan fingerprint density at radius 2 is 1.94 bits per heavy atom. The van der Waals surface area contributed by atoms with Gasteiger partial charge in [-0.25, -0.2) is 4.39 Å². The van der Waals surface area contributed by atoms with Crippen molar-refractivity contribution in [3.8, 4) is 0 Å². The van der Waals surface area contributed by atoms with Crippen LogP contribution in [0.2, 0.25) is 10.0 Å². The molecule has 1 aliphatic carbocycles. The number of carbonyl (C=O) groups is 1. The van der Waals surface area contributed by atoms with E-state index in [1.54, 1.807) is 0 Å². The second-order valence-corrected chi connectivity index (χ2v) is 5.32. The number of nitrogens with two attached hydrogens (primary N) is 1. The molecule has 1 aromatic carbocycles. The normalized spacial score (nSPS) is 23.1. The molecule has 0 aromatic heterocycles. The maximum atomic E-state index is 13.0. The summed E-state index contributed by atoms with van der Waals surface area (Å²) in [6, 6.07) is 2.30. The van der Waals surface area contributed by atoms with Crippen molar-refractivity contribution < 1.29 is 9.18 Å². The van der Waals surface area contributed by atoms with Crippen LogP contribution in [0, 0.1) is 11.7 Å². The number of hydrogen-bond donors (Lipinski definition) is 2. The maximum absolute atomic E-state index is 13.0. The zero-order chi connectivity index (χ0) is 13.3. The van der Waals surface area contributed by atoms with Crippen LogP contribution in [-0.2, 0) is 4.79 Å². The van der Waals surface area contributed by atoms with Crippen LogP contribution in [0.1, 0.15) is 19.3 Å². The zero-order valence-electron chi connectivity index (χ0n) is 9.55. The summed E-state index contributed by atoms with van der Waals surface area (Å²) in [6.07, 6.45) is 2.24. The molecule has 1 aliphatic rings. The predicted molar refractivity (Wildman–Crippen MR) is 70.4 cm³/mol. The Bertz CT molecular complexity index is 458. The summed E-state index contributed by atoms with van der Waals surface area (Å²) in [4.78, 5) is 12.0. The number of benzene rings is 1. The van der Waals surface area contributed by atoms with Crippen molar-refractivity contribution in [2.45, 2.75) is 25.3 Å². The van der Waals surface area contributed by atoms with E-state index in [0.29, 0.717) is 6.42 Å². The van der Waals surface area contributed by atoms with Crippen LogP contribution in [0.15, 0.2) is 12.1 Å². The van der Waals surface area contributed by atoms with Gasteiger partial charge in [0.2, 0.25) is 5.91 Å². The van der Waals surface area contributed by atoms with Gasteiger partial charge in [-0.15, -0.1) is 0 Å². The van der Waals surface area contributed by atoms with Crippen LogP contribution in [0.25, 0.3) is 0 Å². The Labute approximate surface area is 114 Å². The quantitative estimate of drug-likeness (QED) is 0.879. The maximum Gasteiger partial charge on any atom is 0.227 e. The fourth-order valence-electron chi connectivity index (χ4n) is 2.14. The predicted octanol–water partition coefficient (Wildman–Crippen LogP) is 3.20. The average molecular weight is 291 g/mol. The van der Waals surface area contributed by atoms with Crippen molar-refractivity contribution >= 4 is 34.8 Å². The van der Waals surface area contributed by atoms with E-state index in [2.05, 4.69) is 5.32 Å². The smallest absolute Gasteiger partial charge is 0.227 e. The fraction of sp³-hybridized carbons (Fsp3) is 0.417. The SMILES string of the molecule is NC1CCC(C(=O)Nc2c(Cl)cc(F)cc2Cl)C1. The third-order valence-corrected chi connectivity index (χ3v) is 3.70. The monoisotopic (exact) mass is 290 g/mol. The van der Waals surface area contributed by atoms with Gasteiger partial charge >= 0.3 is 0 Å². The molecule has 0 radical (unpaired) electrons. The summed E-state index contributed by atoms with van der Waals surface area (Å²) >= 11 is 11.7. The van der Waals surface area contributed by atoms with Crippen molar-refractivity contribution in [1.82, 2.24) is 0 Å². The first-order valence-electron chi connectivity index (χ1n) is 5.68. The lowest BCUT2D eigenvalue weighted by Gasteiger charge is -2.13. The highest BCUT2D eigenvalue weighted by Crippen LogP contribution is 2.33. The largest absolute Gasteiger partial charge is 0.328 e. The zero-order valence-corrected chi connectivity index (χ0v) is 11.1. The van der Waals surface area contributed by atoms with E-state index in [1.807, 2.05) is 0 Å². The van der Waals surface area contributed by atoms with Crippen LogP contribution in [0.4, 0.5) is 10.1 Å². The molecule has 6 heteroatoms. The van der Waals surface area contributed by atoms with Gasteiger partial charge in [-0.2, -0.15) is 0 Å². The van der Waals surface area contributed by atoms with Crippen molar-refractivity contribution in [2.75, 3.05) is 5.32 Å². The molecular weight excluding hydrogens is 278 g/mol. The van der Waals surface area contributed by atoms with Gasteiger partial charge in [-0.3, -0.25) is 4.79 Å². The second-order valence-electron chi connectivity index (χ2n) is 4.50. The molecule has 1 amide bonds. The highest BCUT2D eigenvalue weighted by molar-refractivity contribution is 6.39. The topological polar surface area (TPSA) is 55.1 Å². The first-order chi connectivity index (χ1) is 8.47. The molecule has 2 rings (SSSR count). The Kier molecular flexibility index (Phi) is 4.10. The molecule has 2 atom stereocenters. The number of halogens is 3. The molecule has 1 fully saturated rings. The molecule has 3 N–H and O–H groups in total. The summed E-state index contributed by atoms with van der Waals surface area (Å²) in [5, 5.41) is 2.83. The number of anilines is 1. The lowest BCUT2D eigenvalue weighted by atomic mass is 10.1. The Hall–Kier alpha value is -0.840. The van der Waals surface area contributed by atoms with Gasteiger partial charge in [-0.1, -0.05) is 23.2 Å². The Morgan fingerprint density at radius 3 is 2.44 bits per heavy atom. The van der Waals surface area contributed by atoms with Gasteiger partial charge in [0.05, 0.1) is 15.7 Å². The minimum atomic E-state index is -0.536. The molecule has 2 unspecified atom stereocenters. The van der Waals surface area contributed by atoms with Crippen molar-refractivity contribution in [1.29, 1.82) is 0 Å². The molecular formula is C12H13Cl2FN2O. The van der Waals surface area contributed by atoms with E-state index in [0.717, 1.165) is 25.0 Å². The average Bonchev–Trinajstić information content (AvgIpc) is 2.70. The Morgan fingerprint density at radius 1 is 1.33 bits per heavy atom. The molecule has 1 aromatic rings. The lowest BCUT2D eigenvalue weighted by Crippen LogP contribution is -2.23. The van der Waals surface area contributed by atoms with Crippen LogP contribution in [0.5, 0.6) is 0 Å². The molecule has 98 valence electrons. The van der Waals surface area contributed by atoms with Crippen LogP contribution in [-0.4, -0.2) is 11.9 Å². The third-order valence-electron chi connectivity index (χ3n) is 3.10. The van der Waals surface area contributed by atoms with Gasteiger partial charge < -0.3 is 11.1 Å². The highest BCUT2D eigenvalue weighted by Gasteiger charge is 2.28. The number of rotatable bonds is 2. The fourth-order valence-corrected chi connectivity index (χ4v) is 2.70. The summed E-state index contributed by atoms with van der Waals surface area (Å²) in [5.74, 6) is -0.832. The third kappa shape index (κ3) is 2.94. The van der Waals surface area contributed by atoms with Gasteiger partial charge in [-0.05, 0) is 31.4 Å². The van der Waals surface area contributed by atoms with E-state index < -0.39 is 5.82 Å². The van der Waals surface area contributed by atoms with E-state index >= 15 is 0 Å². The Balaban J connectivity index is 2.12. The van der Waals surface area contributed by atoms with Crippen molar-refractivity contribution in [3.63, 3.8) is 0 Å². The number of carbonyl (C=O) groups excluding carboxylic acids is 1. The lowest BCUT2D eigenvalue weighted by molar-refractivity contribution is -0.119. The second kappa shape index (κ2) is 5.43. The van der Waals surface area contributed by atoms with E-state index in [9.17, 15) is 9.18 Å². The van der Waals surface area contributed by atoms with E-state index in [-0.39, 0.29) is 33.6 Å². The number of nitrogens with one attached hydrogen (secondary N) is 1. The van der Waals surface area contributed by atoms with E-state index in [1.165, 1.54) is 0 Å².